The predicted molar refractivity (Wildman–Crippen MR) is 59.8 cm³/mol. The number of hydrogen-bond donors (Lipinski definition) is 1. The van der Waals surface area contributed by atoms with Crippen molar-refractivity contribution in [3.63, 3.8) is 0 Å². The molecule has 2 rings (SSSR count). The van der Waals surface area contributed by atoms with Crippen LogP contribution in [0.1, 0.15) is 10.6 Å². The zero-order valence-corrected chi connectivity index (χ0v) is 10.1. The van der Waals surface area contributed by atoms with Crippen molar-refractivity contribution in [1.29, 1.82) is 0 Å². The SMILES string of the molecule is Cn1nc(C(F)(F)F)cc1NCc1ccc(F)s1. The van der Waals surface area contributed by atoms with Crippen LogP contribution in [0, 0.1) is 5.13 Å². The van der Waals surface area contributed by atoms with Crippen molar-refractivity contribution in [3.05, 3.63) is 33.9 Å². The van der Waals surface area contributed by atoms with Gasteiger partial charge >= 0.3 is 6.18 Å². The Kier molecular flexibility index (Phi) is 3.29. The Balaban J connectivity index is 2.08. The summed E-state index contributed by atoms with van der Waals surface area (Å²) in [6.45, 7) is 0.255. The number of aromatic nitrogens is 2. The first-order chi connectivity index (χ1) is 8.36. The van der Waals surface area contributed by atoms with Gasteiger partial charge in [-0.25, -0.2) is 0 Å². The molecule has 2 aromatic heterocycles. The van der Waals surface area contributed by atoms with Crippen molar-refractivity contribution in [2.24, 2.45) is 7.05 Å². The van der Waals surface area contributed by atoms with Crippen LogP contribution >= 0.6 is 11.3 Å². The van der Waals surface area contributed by atoms with E-state index in [4.69, 9.17) is 0 Å². The second kappa shape index (κ2) is 4.60. The third-order valence-electron chi connectivity index (χ3n) is 2.24. The van der Waals surface area contributed by atoms with E-state index >= 15 is 0 Å². The number of nitrogens with zero attached hydrogens (tertiary/aromatic N) is 2. The number of halogens is 4. The third-order valence-corrected chi connectivity index (χ3v) is 3.12. The number of alkyl halides is 3. The minimum absolute atomic E-state index is 0.233. The van der Waals surface area contributed by atoms with E-state index in [1.807, 2.05) is 0 Å². The molecule has 0 aliphatic carbocycles. The van der Waals surface area contributed by atoms with Crippen molar-refractivity contribution in [2.75, 3.05) is 5.32 Å². The van der Waals surface area contributed by atoms with E-state index in [2.05, 4.69) is 10.4 Å². The fraction of sp³-hybridized carbons (Fsp3) is 0.300. The van der Waals surface area contributed by atoms with Crippen molar-refractivity contribution >= 4 is 17.2 Å². The molecule has 2 heterocycles. The topological polar surface area (TPSA) is 29.9 Å². The average molecular weight is 279 g/mol. The van der Waals surface area contributed by atoms with Crippen LogP contribution in [0.4, 0.5) is 23.4 Å². The Morgan fingerprint density at radius 1 is 1.39 bits per heavy atom. The molecule has 0 amide bonds. The zero-order valence-electron chi connectivity index (χ0n) is 9.25. The molecular weight excluding hydrogens is 270 g/mol. The van der Waals surface area contributed by atoms with Crippen LogP contribution in [-0.4, -0.2) is 9.78 Å². The first kappa shape index (κ1) is 12.9. The highest BCUT2D eigenvalue weighted by Crippen LogP contribution is 2.29. The largest absolute Gasteiger partial charge is 0.435 e. The van der Waals surface area contributed by atoms with Gasteiger partial charge in [0.2, 0.25) is 0 Å². The quantitative estimate of drug-likeness (QED) is 0.874. The van der Waals surface area contributed by atoms with Gasteiger partial charge in [-0.2, -0.15) is 22.7 Å². The van der Waals surface area contributed by atoms with Crippen LogP contribution < -0.4 is 5.32 Å². The molecule has 18 heavy (non-hydrogen) atoms. The van der Waals surface area contributed by atoms with Crippen molar-refractivity contribution < 1.29 is 17.6 Å². The molecule has 3 nitrogen and oxygen atoms in total. The Labute approximate surface area is 104 Å². The average Bonchev–Trinajstić information content (AvgIpc) is 2.81. The van der Waals surface area contributed by atoms with E-state index in [1.54, 1.807) is 6.07 Å². The molecule has 0 radical (unpaired) electrons. The summed E-state index contributed by atoms with van der Waals surface area (Å²) >= 11 is 0.944. The van der Waals surface area contributed by atoms with Crippen LogP contribution in [0.25, 0.3) is 0 Å². The first-order valence-electron chi connectivity index (χ1n) is 4.95. The number of anilines is 1. The lowest BCUT2D eigenvalue weighted by Gasteiger charge is -2.03. The molecule has 2 aromatic rings. The maximum Gasteiger partial charge on any atom is 0.435 e. The highest BCUT2D eigenvalue weighted by molar-refractivity contribution is 7.10. The summed E-state index contributed by atoms with van der Waals surface area (Å²) in [4.78, 5) is 0.697. The minimum atomic E-state index is -4.47. The van der Waals surface area contributed by atoms with Crippen molar-refractivity contribution in [1.82, 2.24) is 9.78 Å². The molecular formula is C10H9F4N3S. The van der Waals surface area contributed by atoms with Gasteiger partial charge in [-0.05, 0) is 12.1 Å². The van der Waals surface area contributed by atoms with Crippen LogP contribution in [0.15, 0.2) is 18.2 Å². The molecule has 0 spiro atoms. The van der Waals surface area contributed by atoms with Crippen molar-refractivity contribution in [3.8, 4) is 0 Å². The molecule has 0 saturated heterocycles. The lowest BCUT2D eigenvalue weighted by Crippen LogP contribution is -2.06. The number of nitrogens with one attached hydrogen (secondary N) is 1. The van der Waals surface area contributed by atoms with Gasteiger partial charge in [0.15, 0.2) is 10.8 Å². The Morgan fingerprint density at radius 3 is 2.61 bits per heavy atom. The fourth-order valence-corrected chi connectivity index (χ4v) is 2.06. The van der Waals surface area contributed by atoms with E-state index < -0.39 is 11.9 Å². The van der Waals surface area contributed by atoms with Gasteiger partial charge in [0, 0.05) is 18.0 Å². The van der Waals surface area contributed by atoms with Crippen LogP contribution in [0.2, 0.25) is 0 Å². The normalized spacial score (nSPS) is 11.8. The highest BCUT2D eigenvalue weighted by atomic mass is 32.1. The van der Waals surface area contributed by atoms with Crippen LogP contribution in [0.5, 0.6) is 0 Å². The van der Waals surface area contributed by atoms with E-state index in [0.29, 0.717) is 4.88 Å². The number of thiophene rings is 1. The van der Waals surface area contributed by atoms with Gasteiger partial charge < -0.3 is 5.32 Å². The lowest BCUT2D eigenvalue weighted by molar-refractivity contribution is -0.141. The van der Waals surface area contributed by atoms with Gasteiger partial charge in [0.1, 0.15) is 5.82 Å². The van der Waals surface area contributed by atoms with Gasteiger partial charge in [-0.15, -0.1) is 11.3 Å². The van der Waals surface area contributed by atoms with Crippen LogP contribution in [0.3, 0.4) is 0 Å². The fourth-order valence-electron chi connectivity index (χ4n) is 1.40. The van der Waals surface area contributed by atoms with Gasteiger partial charge in [0.25, 0.3) is 0 Å². The van der Waals surface area contributed by atoms with E-state index in [0.717, 1.165) is 22.1 Å². The van der Waals surface area contributed by atoms with E-state index in [9.17, 15) is 17.6 Å². The van der Waals surface area contributed by atoms with E-state index in [1.165, 1.54) is 13.1 Å². The second-order valence-corrected chi connectivity index (χ2v) is 4.71. The smallest absolute Gasteiger partial charge is 0.365 e. The summed E-state index contributed by atoms with van der Waals surface area (Å²) in [7, 11) is 1.41. The Bertz CT molecular complexity index is 544. The second-order valence-electron chi connectivity index (χ2n) is 3.60. The van der Waals surface area contributed by atoms with Crippen LogP contribution in [-0.2, 0) is 19.8 Å². The maximum atomic E-state index is 12.7. The summed E-state index contributed by atoms with van der Waals surface area (Å²) in [5.74, 6) is 0.233. The molecule has 0 aliphatic heterocycles. The molecule has 0 bridgehead atoms. The summed E-state index contributed by atoms with van der Waals surface area (Å²) in [5, 5.41) is 5.81. The molecule has 0 unspecified atom stereocenters. The number of hydrogen-bond acceptors (Lipinski definition) is 3. The highest BCUT2D eigenvalue weighted by Gasteiger charge is 2.34. The van der Waals surface area contributed by atoms with E-state index in [-0.39, 0.29) is 17.5 Å². The Hall–Kier alpha value is -1.57. The van der Waals surface area contributed by atoms with Gasteiger partial charge in [0.05, 0.1) is 6.54 Å². The lowest BCUT2D eigenvalue weighted by atomic mass is 10.4. The summed E-state index contributed by atoms with van der Waals surface area (Å²) in [6.07, 6.45) is -4.47. The minimum Gasteiger partial charge on any atom is -0.365 e. The van der Waals surface area contributed by atoms with Crippen molar-refractivity contribution in [2.45, 2.75) is 12.7 Å². The molecule has 0 saturated carbocycles. The molecule has 0 atom stereocenters. The summed E-state index contributed by atoms with van der Waals surface area (Å²) in [6, 6.07) is 3.81. The standard InChI is InChI=1S/C10H9F4N3S/c1-17-9(4-7(16-17)10(12,13)14)15-5-6-2-3-8(11)18-6/h2-4,15H,5H2,1H3. The Morgan fingerprint density at radius 2 is 2.11 bits per heavy atom. The summed E-state index contributed by atoms with van der Waals surface area (Å²) < 4.78 is 51.0. The number of aryl methyl sites for hydroxylation is 1. The first-order valence-corrected chi connectivity index (χ1v) is 5.77. The molecule has 0 fully saturated rings. The third kappa shape index (κ3) is 2.81. The monoisotopic (exact) mass is 279 g/mol. The molecule has 98 valence electrons. The molecule has 0 aromatic carbocycles. The number of rotatable bonds is 3. The molecule has 0 aliphatic rings. The molecule has 8 heteroatoms. The summed E-state index contributed by atoms with van der Waals surface area (Å²) in [5.41, 5.74) is -0.954. The van der Waals surface area contributed by atoms with Gasteiger partial charge in [-0.1, -0.05) is 0 Å². The zero-order chi connectivity index (χ0) is 13.3. The molecule has 1 N–H and O–H groups in total. The van der Waals surface area contributed by atoms with Gasteiger partial charge in [-0.3, -0.25) is 4.68 Å². The predicted octanol–water partition coefficient (Wildman–Crippen LogP) is 3.25. The maximum absolute atomic E-state index is 12.7.